The monoisotopic (exact) mass is 166 g/mol. The van der Waals surface area contributed by atoms with Crippen LogP contribution in [0.5, 0.6) is 0 Å². The van der Waals surface area contributed by atoms with Crippen LogP contribution in [0.4, 0.5) is 0 Å². The number of rotatable bonds is 3. The van der Waals surface area contributed by atoms with E-state index in [4.69, 9.17) is 0 Å². The Morgan fingerprint density at radius 2 is 2.17 bits per heavy atom. The highest BCUT2D eigenvalue weighted by atomic mass is 14.4. The van der Waals surface area contributed by atoms with Crippen LogP contribution in [-0.4, -0.2) is 0 Å². The minimum atomic E-state index is 0.574. The van der Waals surface area contributed by atoms with E-state index in [1.165, 1.54) is 25.7 Å². The summed E-state index contributed by atoms with van der Waals surface area (Å²) in [5.74, 6) is 0.843. The average molecular weight is 166 g/mol. The highest BCUT2D eigenvalue weighted by Crippen LogP contribution is 2.50. The molecule has 1 fully saturated rings. The molecule has 0 heterocycles. The van der Waals surface area contributed by atoms with Gasteiger partial charge < -0.3 is 0 Å². The van der Waals surface area contributed by atoms with Gasteiger partial charge in [-0.2, -0.15) is 0 Å². The van der Waals surface area contributed by atoms with Gasteiger partial charge in [0.2, 0.25) is 0 Å². The summed E-state index contributed by atoms with van der Waals surface area (Å²) in [6.07, 6.45) is 7.79. The molecule has 1 aliphatic carbocycles. The fourth-order valence-corrected chi connectivity index (χ4v) is 2.43. The number of hydrogen-bond acceptors (Lipinski definition) is 0. The van der Waals surface area contributed by atoms with E-state index in [1.54, 1.807) is 5.57 Å². The van der Waals surface area contributed by atoms with Crippen molar-refractivity contribution in [3.63, 3.8) is 0 Å². The van der Waals surface area contributed by atoms with Crippen molar-refractivity contribution in [1.29, 1.82) is 0 Å². The zero-order chi connectivity index (χ0) is 9.19. The molecule has 1 atom stereocenters. The molecular formula is C12H22. The molecule has 0 nitrogen and oxygen atoms in total. The molecule has 1 aliphatic rings. The number of allylic oxidation sites excluding steroid dienone is 2. The van der Waals surface area contributed by atoms with Crippen molar-refractivity contribution in [2.24, 2.45) is 11.3 Å². The second kappa shape index (κ2) is 3.64. The van der Waals surface area contributed by atoms with Crippen molar-refractivity contribution in [3.8, 4) is 0 Å². The summed E-state index contributed by atoms with van der Waals surface area (Å²) >= 11 is 0. The van der Waals surface area contributed by atoms with Gasteiger partial charge in [-0.25, -0.2) is 0 Å². The fraction of sp³-hybridized carbons (Fsp3) is 0.833. The molecule has 0 radical (unpaired) electrons. The zero-order valence-corrected chi connectivity index (χ0v) is 8.98. The van der Waals surface area contributed by atoms with Gasteiger partial charge in [0.05, 0.1) is 0 Å². The maximum absolute atomic E-state index is 2.44. The Hall–Kier alpha value is -0.260. The zero-order valence-electron chi connectivity index (χ0n) is 8.98. The van der Waals surface area contributed by atoms with Crippen LogP contribution < -0.4 is 0 Å². The smallest absolute Gasteiger partial charge is 0.0111 e. The summed E-state index contributed by atoms with van der Waals surface area (Å²) in [6.45, 7) is 9.32. The van der Waals surface area contributed by atoms with Gasteiger partial charge in [0.25, 0.3) is 0 Å². The van der Waals surface area contributed by atoms with E-state index in [0.29, 0.717) is 5.41 Å². The van der Waals surface area contributed by atoms with Crippen molar-refractivity contribution in [2.45, 2.75) is 53.4 Å². The van der Waals surface area contributed by atoms with Crippen LogP contribution in [0.1, 0.15) is 53.4 Å². The van der Waals surface area contributed by atoms with Crippen LogP contribution in [0.25, 0.3) is 0 Å². The molecule has 1 rings (SSSR count). The van der Waals surface area contributed by atoms with Gasteiger partial charge in [0.15, 0.2) is 0 Å². The molecule has 0 spiro atoms. The van der Waals surface area contributed by atoms with Crippen molar-refractivity contribution in [2.75, 3.05) is 0 Å². The molecule has 0 aromatic heterocycles. The van der Waals surface area contributed by atoms with Crippen molar-refractivity contribution in [1.82, 2.24) is 0 Å². The summed E-state index contributed by atoms with van der Waals surface area (Å²) in [5.41, 5.74) is 2.29. The summed E-state index contributed by atoms with van der Waals surface area (Å²) in [7, 11) is 0. The molecule has 0 heteroatoms. The third-order valence-corrected chi connectivity index (χ3v) is 3.03. The third kappa shape index (κ3) is 1.91. The Balaban J connectivity index is 2.54. The standard InChI is InChI=1S/C12H22/c1-5-6-11-7-8-12(11,4)9-10(2)3/h6,10H,5,7-9H2,1-4H3. The lowest BCUT2D eigenvalue weighted by Crippen LogP contribution is -2.30. The molecule has 1 unspecified atom stereocenters. The van der Waals surface area contributed by atoms with Crippen molar-refractivity contribution in [3.05, 3.63) is 11.6 Å². The van der Waals surface area contributed by atoms with Crippen molar-refractivity contribution < 1.29 is 0 Å². The van der Waals surface area contributed by atoms with Gasteiger partial charge in [-0.1, -0.05) is 39.3 Å². The summed E-state index contributed by atoms with van der Waals surface area (Å²) in [4.78, 5) is 0. The fourth-order valence-electron chi connectivity index (χ4n) is 2.43. The van der Waals surface area contributed by atoms with Gasteiger partial charge >= 0.3 is 0 Å². The maximum atomic E-state index is 2.44. The third-order valence-electron chi connectivity index (χ3n) is 3.03. The van der Waals surface area contributed by atoms with E-state index < -0.39 is 0 Å². The van der Waals surface area contributed by atoms with Crippen LogP contribution >= 0.6 is 0 Å². The molecule has 0 aliphatic heterocycles. The molecule has 12 heavy (non-hydrogen) atoms. The van der Waals surface area contributed by atoms with Crippen LogP contribution in [0.3, 0.4) is 0 Å². The Kier molecular flexibility index (Phi) is 2.98. The van der Waals surface area contributed by atoms with E-state index in [-0.39, 0.29) is 0 Å². The average Bonchev–Trinajstić information content (AvgIpc) is 1.97. The summed E-state index contributed by atoms with van der Waals surface area (Å²) in [6, 6.07) is 0. The molecular weight excluding hydrogens is 144 g/mol. The lowest BCUT2D eigenvalue weighted by Gasteiger charge is -2.43. The van der Waals surface area contributed by atoms with Gasteiger partial charge in [0, 0.05) is 0 Å². The highest BCUT2D eigenvalue weighted by Gasteiger charge is 2.36. The highest BCUT2D eigenvalue weighted by molar-refractivity contribution is 5.22. The maximum Gasteiger partial charge on any atom is -0.0111 e. The minimum absolute atomic E-state index is 0.574. The molecule has 0 saturated heterocycles. The summed E-state index contributed by atoms with van der Waals surface area (Å²) in [5, 5.41) is 0. The molecule has 0 aromatic carbocycles. The van der Waals surface area contributed by atoms with Crippen LogP contribution in [0.15, 0.2) is 11.6 Å². The first-order valence-corrected chi connectivity index (χ1v) is 5.28. The van der Waals surface area contributed by atoms with Gasteiger partial charge in [-0.15, -0.1) is 0 Å². The lowest BCUT2D eigenvalue weighted by molar-refractivity contribution is 0.216. The predicted octanol–water partition coefficient (Wildman–Crippen LogP) is 4.17. The van der Waals surface area contributed by atoms with Crippen LogP contribution in [-0.2, 0) is 0 Å². The topological polar surface area (TPSA) is 0 Å². The van der Waals surface area contributed by atoms with E-state index in [9.17, 15) is 0 Å². The van der Waals surface area contributed by atoms with Crippen LogP contribution in [0.2, 0.25) is 0 Å². The Morgan fingerprint density at radius 1 is 1.50 bits per heavy atom. The van der Waals surface area contributed by atoms with Crippen LogP contribution in [0, 0.1) is 11.3 Å². The Bertz CT molecular complexity index is 176. The second-order valence-electron chi connectivity index (χ2n) is 4.80. The first-order chi connectivity index (χ1) is 5.58. The minimum Gasteiger partial charge on any atom is -0.0851 e. The first kappa shape index (κ1) is 9.83. The van der Waals surface area contributed by atoms with Gasteiger partial charge in [-0.3, -0.25) is 0 Å². The Morgan fingerprint density at radius 3 is 2.50 bits per heavy atom. The van der Waals surface area contributed by atoms with E-state index >= 15 is 0 Å². The van der Waals surface area contributed by atoms with Crippen molar-refractivity contribution >= 4 is 0 Å². The van der Waals surface area contributed by atoms with E-state index in [1.807, 2.05) is 0 Å². The number of hydrogen-bond donors (Lipinski definition) is 0. The lowest BCUT2D eigenvalue weighted by atomic mass is 9.62. The quantitative estimate of drug-likeness (QED) is 0.552. The molecule has 1 saturated carbocycles. The summed E-state index contributed by atoms with van der Waals surface area (Å²) < 4.78 is 0. The SMILES string of the molecule is CCC=C1CCC1(C)CC(C)C. The molecule has 0 aromatic rings. The second-order valence-corrected chi connectivity index (χ2v) is 4.80. The predicted molar refractivity (Wildman–Crippen MR) is 55.2 cm³/mol. The van der Waals surface area contributed by atoms with E-state index in [2.05, 4.69) is 33.8 Å². The van der Waals surface area contributed by atoms with Gasteiger partial charge in [0.1, 0.15) is 0 Å². The normalized spacial score (nSPS) is 32.6. The largest absolute Gasteiger partial charge is 0.0851 e. The molecule has 70 valence electrons. The Labute approximate surface area is 77.1 Å². The molecule has 0 amide bonds. The first-order valence-electron chi connectivity index (χ1n) is 5.28. The van der Waals surface area contributed by atoms with E-state index in [0.717, 1.165) is 5.92 Å². The van der Waals surface area contributed by atoms with Gasteiger partial charge in [-0.05, 0) is 37.0 Å². The molecule has 0 N–H and O–H groups in total. The molecule has 0 bridgehead atoms.